The van der Waals surface area contributed by atoms with Gasteiger partial charge in [0.25, 0.3) is 0 Å². The van der Waals surface area contributed by atoms with Crippen LogP contribution in [0.2, 0.25) is 0 Å². The van der Waals surface area contributed by atoms with Crippen molar-refractivity contribution in [3.8, 4) is 11.1 Å². The fourth-order valence-electron chi connectivity index (χ4n) is 2.58. The molecule has 0 saturated heterocycles. The summed E-state index contributed by atoms with van der Waals surface area (Å²) in [4.78, 5) is 12.6. The Morgan fingerprint density at radius 3 is 1.85 bits per heavy atom. The second-order valence-corrected chi connectivity index (χ2v) is 9.31. The minimum atomic E-state index is -3.64. The average molecular weight is 476 g/mol. The van der Waals surface area contributed by atoms with Crippen molar-refractivity contribution in [2.24, 2.45) is 0 Å². The van der Waals surface area contributed by atoms with Gasteiger partial charge in [0.2, 0.25) is 0 Å². The number of sulfone groups is 1. The molecule has 0 amide bonds. The number of hydrogen-bond acceptors (Lipinski definition) is 3. The van der Waals surface area contributed by atoms with Crippen LogP contribution in [0.15, 0.2) is 77.7 Å². The van der Waals surface area contributed by atoms with E-state index < -0.39 is 21.4 Å². The van der Waals surface area contributed by atoms with Crippen molar-refractivity contribution in [3.05, 3.63) is 87.5 Å². The highest BCUT2D eigenvalue weighted by molar-refractivity contribution is 14.1. The molecule has 0 atom stereocenters. The molecule has 3 rings (SSSR count). The Bertz CT molecular complexity index is 1020. The fraction of sp³-hybridized carbons (Fsp3) is 0.0952. The van der Waals surface area contributed by atoms with Crippen LogP contribution in [-0.2, 0) is 9.84 Å². The molecule has 0 saturated carbocycles. The molecule has 132 valence electrons. The van der Waals surface area contributed by atoms with Crippen molar-refractivity contribution < 1.29 is 13.2 Å². The highest BCUT2D eigenvalue weighted by Gasteiger charge is 2.20. The minimum absolute atomic E-state index is 0.173. The molecule has 3 aromatic rings. The average Bonchev–Trinajstić information content (AvgIpc) is 2.62. The minimum Gasteiger partial charge on any atom is -0.293 e. The summed E-state index contributed by atoms with van der Waals surface area (Å²) in [6.07, 6.45) is 0. The summed E-state index contributed by atoms with van der Waals surface area (Å²) < 4.78 is 26.0. The van der Waals surface area contributed by atoms with Crippen LogP contribution in [0.3, 0.4) is 0 Å². The van der Waals surface area contributed by atoms with Crippen LogP contribution < -0.4 is 0 Å². The molecular formula is C21H17IO3S. The summed E-state index contributed by atoms with van der Waals surface area (Å²) in [6.45, 7) is 1.89. The van der Waals surface area contributed by atoms with Crippen LogP contribution in [0, 0.1) is 10.5 Å². The maximum atomic E-state index is 12.4. The van der Waals surface area contributed by atoms with Crippen molar-refractivity contribution in [1.82, 2.24) is 0 Å². The Morgan fingerprint density at radius 1 is 0.808 bits per heavy atom. The van der Waals surface area contributed by atoms with Gasteiger partial charge >= 0.3 is 0 Å². The topological polar surface area (TPSA) is 51.2 Å². The summed E-state index contributed by atoms with van der Waals surface area (Å²) in [5.74, 6) is -0.932. The molecule has 0 unspecified atom stereocenters. The summed E-state index contributed by atoms with van der Waals surface area (Å²) >= 11 is 2.25. The molecule has 26 heavy (non-hydrogen) atoms. The lowest BCUT2D eigenvalue weighted by atomic mass is 10.0. The molecule has 0 N–H and O–H groups in total. The van der Waals surface area contributed by atoms with Gasteiger partial charge in [0.15, 0.2) is 15.6 Å². The molecule has 0 radical (unpaired) electrons. The first kappa shape index (κ1) is 18.8. The number of benzene rings is 3. The zero-order valence-corrected chi connectivity index (χ0v) is 17.1. The molecule has 3 nitrogen and oxygen atoms in total. The third kappa shape index (κ3) is 4.40. The molecule has 0 aliphatic carbocycles. The van der Waals surface area contributed by atoms with Gasteiger partial charge in [-0.15, -0.1) is 0 Å². The number of halogens is 1. The summed E-state index contributed by atoms with van der Waals surface area (Å²) in [5, 5.41) is 0. The molecule has 0 aromatic heterocycles. The number of Topliss-reactive ketones (excluding diaryl/α,β-unsaturated/α-hetero) is 1. The number of rotatable bonds is 5. The standard InChI is InChI=1S/C21H17IO3S/c1-15-2-12-20(13-3-15)26(24,25)14-21(23)18-6-4-16(5-7-18)17-8-10-19(22)11-9-17/h2-13H,14H2,1H3. The monoisotopic (exact) mass is 476 g/mol. The summed E-state index contributed by atoms with van der Waals surface area (Å²) in [5.41, 5.74) is 3.41. The maximum absolute atomic E-state index is 12.4. The first-order valence-corrected chi connectivity index (χ1v) is 10.8. The SMILES string of the molecule is Cc1ccc(S(=O)(=O)CC(=O)c2ccc(-c3ccc(I)cc3)cc2)cc1. The Kier molecular flexibility index (Phi) is 5.58. The Balaban J connectivity index is 1.77. The number of aryl methyl sites for hydroxylation is 1. The van der Waals surface area contributed by atoms with Gasteiger partial charge in [-0.2, -0.15) is 0 Å². The summed E-state index contributed by atoms with van der Waals surface area (Å²) in [7, 11) is -3.64. The second-order valence-electron chi connectivity index (χ2n) is 6.08. The number of carbonyl (C=O) groups is 1. The molecule has 0 heterocycles. The van der Waals surface area contributed by atoms with Gasteiger partial charge in [-0.05, 0) is 64.9 Å². The lowest BCUT2D eigenvalue weighted by Crippen LogP contribution is -2.16. The van der Waals surface area contributed by atoms with Crippen LogP contribution in [0.25, 0.3) is 11.1 Å². The Morgan fingerprint density at radius 2 is 1.31 bits per heavy atom. The van der Waals surface area contributed by atoms with Crippen molar-refractivity contribution in [2.75, 3.05) is 5.75 Å². The van der Waals surface area contributed by atoms with Crippen LogP contribution in [0.4, 0.5) is 0 Å². The number of ketones is 1. The third-order valence-electron chi connectivity index (χ3n) is 4.09. The van der Waals surface area contributed by atoms with E-state index >= 15 is 0 Å². The smallest absolute Gasteiger partial charge is 0.185 e. The first-order valence-electron chi connectivity index (χ1n) is 8.04. The normalized spacial score (nSPS) is 11.3. The van der Waals surface area contributed by atoms with E-state index in [0.717, 1.165) is 20.3 Å². The van der Waals surface area contributed by atoms with Gasteiger partial charge in [-0.1, -0.05) is 54.1 Å². The van der Waals surface area contributed by atoms with Crippen LogP contribution >= 0.6 is 22.6 Å². The molecule has 0 fully saturated rings. The van der Waals surface area contributed by atoms with Crippen molar-refractivity contribution >= 4 is 38.2 Å². The van der Waals surface area contributed by atoms with E-state index in [2.05, 4.69) is 22.6 Å². The van der Waals surface area contributed by atoms with Gasteiger partial charge in [0.1, 0.15) is 5.75 Å². The molecule has 0 spiro atoms. The number of carbonyl (C=O) groups excluding carboxylic acids is 1. The van der Waals surface area contributed by atoms with Crippen LogP contribution in [0.5, 0.6) is 0 Å². The van der Waals surface area contributed by atoms with E-state index in [1.54, 1.807) is 24.3 Å². The van der Waals surface area contributed by atoms with Gasteiger partial charge < -0.3 is 0 Å². The van der Waals surface area contributed by atoms with Crippen LogP contribution in [-0.4, -0.2) is 20.0 Å². The highest BCUT2D eigenvalue weighted by Crippen LogP contribution is 2.22. The van der Waals surface area contributed by atoms with E-state index in [1.165, 1.54) is 12.1 Å². The molecule has 0 aliphatic rings. The molecule has 0 aliphatic heterocycles. The van der Waals surface area contributed by atoms with Gasteiger partial charge in [-0.25, -0.2) is 8.42 Å². The Hall–Kier alpha value is -1.99. The maximum Gasteiger partial charge on any atom is 0.185 e. The van der Waals surface area contributed by atoms with E-state index in [4.69, 9.17) is 0 Å². The summed E-state index contributed by atoms with van der Waals surface area (Å²) in [6, 6.07) is 21.6. The second kappa shape index (κ2) is 7.72. The quantitative estimate of drug-likeness (QED) is 0.388. The van der Waals surface area contributed by atoms with Crippen molar-refractivity contribution in [1.29, 1.82) is 0 Å². The first-order chi connectivity index (χ1) is 12.3. The van der Waals surface area contributed by atoms with E-state index in [9.17, 15) is 13.2 Å². The largest absolute Gasteiger partial charge is 0.293 e. The van der Waals surface area contributed by atoms with E-state index in [-0.39, 0.29) is 4.90 Å². The number of hydrogen-bond donors (Lipinski definition) is 0. The zero-order chi connectivity index (χ0) is 18.7. The lowest BCUT2D eigenvalue weighted by Gasteiger charge is -2.06. The predicted octanol–water partition coefficient (Wildman–Crippen LogP) is 4.92. The van der Waals surface area contributed by atoms with Gasteiger partial charge in [0, 0.05) is 9.13 Å². The third-order valence-corrected chi connectivity index (χ3v) is 6.44. The molecule has 5 heteroatoms. The van der Waals surface area contributed by atoms with Crippen molar-refractivity contribution in [3.63, 3.8) is 0 Å². The fourth-order valence-corrected chi connectivity index (χ4v) is 4.16. The van der Waals surface area contributed by atoms with Crippen molar-refractivity contribution in [2.45, 2.75) is 11.8 Å². The van der Waals surface area contributed by atoms with Gasteiger partial charge in [0.05, 0.1) is 4.90 Å². The highest BCUT2D eigenvalue weighted by atomic mass is 127. The predicted molar refractivity (Wildman–Crippen MR) is 112 cm³/mol. The van der Waals surface area contributed by atoms with Gasteiger partial charge in [-0.3, -0.25) is 4.79 Å². The molecular weight excluding hydrogens is 459 g/mol. The Labute approximate surface area is 167 Å². The molecule has 0 bridgehead atoms. The zero-order valence-electron chi connectivity index (χ0n) is 14.1. The molecule has 3 aromatic carbocycles. The lowest BCUT2D eigenvalue weighted by molar-refractivity contribution is 0.102. The van der Waals surface area contributed by atoms with Crippen LogP contribution in [0.1, 0.15) is 15.9 Å². The van der Waals surface area contributed by atoms with E-state index in [0.29, 0.717) is 5.56 Å². The van der Waals surface area contributed by atoms with E-state index in [1.807, 2.05) is 43.3 Å².